The number of para-hydroxylation sites is 1. The summed E-state index contributed by atoms with van der Waals surface area (Å²) in [5.41, 5.74) is 4.88. The van der Waals surface area contributed by atoms with Gasteiger partial charge in [-0.25, -0.2) is 4.98 Å². The molecule has 0 unspecified atom stereocenters. The first-order chi connectivity index (χ1) is 10.7. The lowest BCUT2D eigenvalue weighted by Crippen LogP contribution is -1.95. The van der Waals surface area contributed by atoms with Crippen LogP contribution in [0.1, 0.15) is 0 Å². The number of rotatable bonds is 2. The number of hydrogen-bond donors (Lipinski definition) is 0. The minimum atomic E-state index is 0.642. The second-order valence-electron chi connectivity index (χ2n) is 5.12. The molecule has 0 saturated carbocycles. The molecule has 5 heteroatoms. The zero-order valence-corrected chi connectivity index (χ0v) is 12.7. The van der Waals surface area contributed by atoms with E-state index in [0.29, 0.717) is 5.02 Å². The number of halogens is 1. The van der Waals surface area contributed by atoms with E-state index in [1.165, 1.54) is 0 Å². The Morgan fingerprint density at radius 3 is 2.59 bits per heavy atom. The van der Waals surface area contributed by atoms with Crippen LogP contribution < -0.4 is 0 Å². The Morgan fingerprint density at radius 1 is 1.05 bits per heavy atom. The fraction of sp³-hybridized carbons (Fsp3) is 0.0588. The summed E-state index contributed by atoms with van der Waals surface area (Å²) in [6, 6.07) is 16.1. The van der Waals surface area contributed by atoms with E-state index in [4.69, 9.17) is 11.6 Å². The first kappa shape index (κ1) is 13.1. The van der Waals surface area contributed by atoms with Crippen LogP contribution in [0.25, 0.3) is 28.0 Å². The second-order valence-corrected chi connectivity index (χ2v) is 5.52. The Hall–Kier alpha value is -2.59. The predicted molar refractivity (Wildman–Crippen MR) is 88.3 cm³/mol. The molecule has 22 heavy (non-hydrogen) atoms. The maximum atomic E-state index is 6.43. The van der Waals surface area contributed by atoms with Gasteiger partial charge in [-0.1, -0.05) is 29.8 Å². The highest BCUT2D eigenvalue weighted by Crippen LogP contribution is 2.31. The molecule has 4 aromatic rings. The molecule has 0 N–H and O–H groups in total. The van der Waals surface area contributed by atoms with Gasteiger partial charge in [-0.05, 0) is 30.3 Å². The summed E-state index contributed by atoms with van der Waals surface area (Å²) >= 11 is 6.43. The van der Waals surface area contributed by atoms with Crippen molar-refractivity contribution in [2.45, 2.75) is 0 Å². The Morgan fingerprint density at radius 2 is 1.86 bits per heavy atom. The molecule has 0 atom stereocenters. The highest BCUT2D eigenvalue weighted by Gasteiger charge is 2.12. The van der Waals surface area contributed by atoms with Gasteiger partial charge in [0.15, 0.2) is 0 Å². The summed E-state index contributed by atoms with van der Waals surface area (Å²) < 4.78 is 3.88. The van der Waals surface area contributed by atoms with E-state index in [9.17, 15) is 0 Å². The molecule has 0 fully saturated rings. The van der Waals surface area contributed by atoms with Crippen LogP contribution >= 0.6 is 11.6 Å². The van der Waals surface area contributed by atoms with Crippen LogP contribution in [0.2, 0.25) is 5.02 Å². The molecule has 0 aliphatic rings. The summed E-state index contributed by atoms with van der Waals surface area (Å²) in [6.45, 7) is 0. The van der Waals surface area contributed by atoms with Crippen molar-refractivity contribution in [1.82, 2.24) is 19.3 Å². The van der Waals surface area contributed by atoms with E-state index in [1.54, 1.807) is 12.5 Å². The Labute approximate surface area is 132 Å². The Balaban J connectivity index is 1.98. The van der Waals surface area contributed by atoms with Gasteiger partial charge >= 0.3 is 0 Å². The van der Waals surface area contributed by atoms with Crippen molar-refractivity contribution in [3.8, 4) is 16.9 Å². The van der Waals surface area contributed by atoms with E-state index >= 15 is 0 Å². The summed E-state index contributed by atoms with van der Waals surface area (Å²) in [4.78, 5) is 4.45. The SMILES string of the molecule is Cn1nccc1-c1cc(Cl)c2ncn(-c3ccccc3)c2c1. The predicted octanol–water partition coefficient (Wildman–Crippen LogP) is 4.08. The minimum absolute atomic E-state index is 0.642. The highest BCUT2D eigenvalue weighted by molar-refractivity contribution is 6.35. The number of aromatic nitrogens is 4. The number of hydrogen-bond acceptors (Lipinski definition) is 2. The first-order valence-electron chi connectivity index (χ1n) is 6.94. The monoisotopic (exact) mass is 308 g/mol. The number of fused-ring (bicyclic) bond motifs is 1. The lowest BCUT2D eigenvalue weighted by molar-refractivity contribution is 0.776. The molecule has 0 spiro atoms. The van der Waals surface area contributed by atoms with Crippen molar-refractivity contribution in [3.63, 3.8) is 0 Å². The fourth-order valence-corrected chi connectivity index (χ4v) is 2.94. The smallest absolute Gasteiger partial charge is 0.107 e. The average molecular weight is 309 g/mol. The molecule has 4 rings (SSSR count). The normalized spacial score (nSPS) is 11.2. The third-order valence-electron chi connectivity index (χ3n) is 3.76. The van der Waals surface area contributed by atoms with E-state index in [0.717, 1.165) is 28.0 Å². The van der Waals surface area contributed by atoms with Crippen LogP contribution in [-0.2, 0) is 7.05 Å². The molecule has 2 aromatic carbocycles. The Kier molecular flexibility index (Phi) is 2.98. The third kappa shape index (κ3) is 2.00. The number of imidazole rings is 1. The zero-order valence-electron chi connectivity index (χ0n) is 11.9. The Bertz CT molecular complexity index is 953. The molecule has 0 amide bonds. The first-order valence-corrected chi connectivity index (χ1v) is 7.32. The maximum Gasteiger partial charge on any atom is 0.107 e. The van der Waals surface area contributed by atoms with Crippen LogP contribution in [0.5, 0.6) is 0 Å². The third-order valence-corrected chi connectivity index (χ3v) is 4.04. The number of benzene rings is 2. The van der Waals surface area contributed by atoms with Crippen LogP contribution in [0, 0.1) is 0 Å². The number of nitrogens with zero attached hydrogens (tertiary/aromatic N) is 4. The topological polar surface area (TPSA) is 35.6 Å². The molecule has 2 heterocycles. The zero-order chi connectivity index (χ0) is 15.1. The maximum absolute atomic E-state index is 6.43. The van der Waals surface area contributed by atoms with Gasteiger partial charge in [0.25, 0.3) is 0 Å². The molecule has 0 radical (unpaired) electrons. The van der Waals surface area contributed by atoms with Crippen LogP contribution in [0.3, 0.4) is 0 Å². The molecule has 2 aromatic heterocycles. The molecule has 108 valence electrons. The van der Waals surface area contributed by atoms with Gasteiger partial charge in [-0.3, -0.25) is 9.25 Å². The van der Waals surface area contributed by atoms with Crippen molar-refractivity contribution < 1.29 is 0 Å². The quantitative estimate of drug-likeness (QED) is 0.559. The van der Waals surface area contributed by atoms with Gasteiger partial charge in [-0.15, -0.1) is 0 Å². The molecule has 0 aliphatic heterocycles. The lowest BCUT2D eigenvalue weighted by atomic mass is 10.1. The molecule has 4 nitrogen and oxygen atoms in total. The largest absolute Gasteiger partial charge is 0.299 e. The molecule has 0 aliphatic carbocycles. The van der Waals surface area contributed by atoms with Gasteiger partial charge in [0, 0.05) is 24.5 Å². The molecular weight excluding hydrogens is 296 g/mol. The molecular formula is C17H13ClN4. The summed E-state index contributed by atoms with van der Waals surface area (Å²) in [6.07, 6.45) is 3.58. The number of aryl methyl sites for hydroxylation is 1. The van der Waals surface area contributed by atoms with Crippen LogP contribution in [0.15, 0.2) is 61.1 Å². The summed E-state index contributed by atoms with van der Waals surface area (Å²) in [5, 5.41) is 4.86. The van der Waals surface area contributed by atoms with Gasteiger partial charge in [0.05, 0.1) is 16.2 Å². The van der Waals surface area contributed by atoms with Crippen molar-refractivity contribution in [2.24, 2.45) is 7.05 Å². The second kappa shape index (κ2) is 5.00. The van der Waals surface area contributed by atoms with Crippen molar-refractivity contribution in [3.05, 3.63) is 66.1 Å². The van der Waals surface area contributed by atoms with E-state index in [2.05, 4.69) is 16.1 Å². The van der Waals surface area contributed by atoms with Gasteiger partial charge in [-0.2, -0.15) is 5.10 Å². The van der Waals surface area contributed by atoms with Gasteiger partial charge < -0.3 is 0 Å². The lowest BCUT2D eigenvalue weighted by Gasteiger charge is -2.07. The fourth-order valence-electron chi connectivity index (χ4n) is 2.67. The van der Waals surface area contributed by atoms with Gasteiger partial charge in [0.2, 0.25) is 0 Å². The summed E-state index contributed by atoms with van der Waals surface area (Å²) in [7, 11) is 1.92. The van der Waals surface area contributed by atoms with Crippen molar-refractivity contribution in [1.29, 1.82) is 0 Å². The standard InChI is InChI=1S/C17H13ClN4/c1-21-15(7-8-20-21)12-9-14(18)17-16(10-12)22(11-19-17)13-5-3-2-4-6-13/h2-11H,1H3. The average Bonchev–Trinajstić information content (AvgIpc) is 3.14. The molecule has 0 bridgehead atoms. The van der Waals surface area contributed by atoms with E-state index in [-0.39, 0.29) is 0 Å². The van der Waals surface area contributed by atoms with Crippen LogP contribution in [0.4, 0.5) is 0 Å². The van der Waals surface area contributed by atoms with Crippen molar-refractivity contribution in [2.75, 3.05) is 0 Å². The van der Waals surface area contributed by atoms with Gasteiger partial charge in [0.1, 0.15) is 11.8 Å². The van der Waals surface area contributed by atoms with Crippen LogP contribution in [-0.4, -0.2) is 19.3 Å². The minimum Gasteiger partial charge on any atom is -0.299 e. The summed E-state index contributed by atoms with van der Waals surface area (Å²) in [5.74, 6) is 0. The van der Waals surface area contributed by atoms with E-state index < -0.39 is 0 Å². The molecule has 0 saturated heterocycles. The highest BCUT2D eigenvalue weighted by atomic mass is 35.5. The van der Waals surface area contributed by atoms with Crippen molar-refractivity contribution >= 4 is 22.6 Å². The van der Waals surface area contributed by atoms with E-state index in [1.807, 2.05) is 58.8 Å².